The largest absolute Gasteiger partial charge is 0.354 e. The van der Waals surface area contributed by atoms with Gasteiger partial charge in [0.1, 0.15) is 17.5 Å². The zero-order chi connectivity index (χ0) is 26.7. The average Bonchev–Trinajstić information content (AvgIpc) is 3.22. The van der Waals surface area contributed by atoms with E-state index in [1.54, 1.807) is 16.8 Å². The van der Waals surface area contributed by atoms with Crippen LogP contribution >= 0.6 is 0 Å². The first kappa shape index (κ1) is 27.2. The molecule has 7 nitrogen and oxygen atoms in total. The zero-order valence-corrected chi connectivity index (χ0v) is 22.7. The minimum Gasteiger partial charge on any atom is -0.354 e. The SMILES string of the molecule is CCC(C)N(Cc1c(C)nn(-c2cccc(F)c2)c1N1CCN(CC)CC1)S(=O)(=O)c1ccc(F)cc1. The molecule has 1 aliphatic rings. The van der Waals surface area contributed by atoms with Crippen LogP contribution in [0.1, 0.15) is 38.4 Å². The number of sulfonamides is 1. The van der Waals surface area contributed by atoms with Crippen molar-refractivity contribution < 1.29 is 17.2 Å². The minimum absolute atomic E-state index is 0.0440. The Hall–Kier alpha value is -2.82. The van der Waals surface area contributed by atoms with E-state index in [9.17, 15) is 17.2 Å². The molecule has 0 aliphatic carbocycles. The molecule has 1 saturated heterocycles. The molecule has 3 aromatic rings. The Morgan fingerprint density at radius 2 is 1.68 bits per heavy atom. The van der Waals surface area contributed by atoms with Gasteiger partial charge in [0, 0.05) is 44.3 Å². The van der Waals surface area contributed by atoms with Gasteiger partial charge in [-0.25, -0.2) is 21.9 Å². The molecule has 0 saturated carbocycles. The number of halogens is 2. The first-order chi connectivity index (χ1) is 17.6. The van der Waals surface area contributed by atoms with Crippen LogP contribution in [0.25, 0.3) is 5.69 Å². The lowest BCUT2D eigenvalue weighted by molar-refractivity contribution is 0.269. The normalized spacial score (nSPS) is 15.9. The maximum absolute atomic E-state index is 14.2. The third kappa shape index (κ3) is 5.71. The third-order valence-electron chi connectivity index (χ3n) is 7.15. The van der Waals surface area contributed by atoms with E-state index < -0.39 is 15.8 Å². The van der Waals surface area contributed by atoms with Gasteiger partial charge in [0.25, 0.3) is 0 Å². The van der Waals surface area contributed by atoms with Crippen LogP contribution in [-0.2, 0) is 16.6 Å². The number of hydrogen-bond donors (Lipinski definition) is 0. The summed E-state index contributed by atoms with van der Waals surface area (Å²) >= 11 is 0. The van der Waals surface area contributed by atoms with Crippen LogP contribution in [0.4, 0.5) is 14.6 Å². The predicted molar refractivity (Wildman–Crippen MR) is 141 cm³/mol. The molecule has 2 aromatic carbocycles. The molecular weight excluding hydrogens is 496 g/mol. The summed E-state index contributed by atoms with van der Waals surface area (Å²) in [7, 11) is -3.92. The number of likely N-dealkylation sites (N-methyl/N-ethyl adjacent to an activating group) is 1. The summed E-state index contributed by atoms with van der Waals surface area (Å²) in [6.07, 6.45) is 0.599. The molecule has 0 bridgehead atoms. The Balaban J connectivity index is 1.81. The van der Waals surface area contributed by atoms with Crippen LogP contribution in [0, 0.1) is 18.6 Å². The maximum atomic E-state index is 14.2. The Kier molecular flexibility index (Phi) is 8.30. The molecule has 200 valence electrons. The summed E-state index contributed by atoms with van der Waals surface area (Å²) < 4.78 is 58.4. The fourth-order valence-electron chi connectivity index (χ4n) is 4.70. The molecule has 4 rings (SSSR count). The van der Waals surface area contributed by atoms with Crippen molar-refractivity contribution in [3.05, 3.63) is 71.4 Å². The summed E-state index contributed by atoms with van der Waals surface area (Å²) in [5.41, 5.74) is 2.04. The van der Waals surface area contributed by atoms with Crippen molar-refractivity contribution in [2.45, 2.75) is 51.6 Å². The van der Waals surface area contributed by atoms with Crippen LogP contribution in [0.5, 0.6) is 0 Å². The van der Waals surface area contributed by atoms with Gasteiger partial charge in [-0.05, 0) is 69.3 Å². The summed E-state index contributed by atoms with van der Waals surface area (Å²) in [4.78, 5) is 4.62. The molecule has 2 heterocycles. The third-order valence-corrected chi connectivity index (χ3v) is 9.12. The maximum Gasteiger partial charge on any atom is 0.243 e. The molecule has 1 unspecified atom stereocenters. The molecule has 1 fully saturated rings. The Labute approximate surface area is 218 Å². The Morgan fingerprint density at radius 1 is 1.00 bits per heavy atom. The van der Waals surface area contributed by atoms with E-state index in [-0.39, 0.29) is 23.3 Å². The lowest BCUT2D eigenvalue weighted by Crippen LogP contribution is -2.47. The van der Waals surface area contributed by atoms with Crippen molar-refractivity contribution in [2.24, 2.45) is 0 Å². The number of anilines is 1. The van der Waals surface area contributed by atoms with Crippen LogP contribution in [0.15, 0.2) is 53.4 Å². The number of aryl methyl sites for hydroxylation is 1. The van der Waals surface area contributed by atoms with Gasteiger partial charge in [-0.3, -0.25) is 0 Å². The van der Waals surface area contributed by atoms with Crippen LogP contribution in [0.2, 0.25) is 0 Å². The highest BCUT2D eigenvalue weighted by atomic mass is 32.2. The quantitative estimate of drug-likeness (QED) is 0.404. The van der Waals surface area contributed by atoms with Crippen molar-refractivity contribution in [2.75, 3.05) is 37.6 Å². The second-order valence-corrected chi connectivity index (χ2v) is 11.4. The van der Waals surface area contributed by atoms with Gasteiger partial charge >= 0.3 is 0 Å². The van der Waals surface area contributed by atoms with E-state index in [4.69, 9.17) is 5.10 Å². The second-order valence-electron chi connectivity index (χ2n) is 9.46. The number of rotatable bonds is 9. The molecule has 1 atom stereocenters. The van der Waals surface area contributed by atoms with E-state index in [2.05, 4.69) is 16.7 Å². The van der Waals surface area contributed by atoms with Gasteiger partial charge in [-0.1, -0.05) is 19.9 Å². The van der Waals surface area contributed by atoms with Gasteiger partial charge < -0.3 is 9.80 Å². The van der Waals surface area contributed by atoms with Gasteiger partial charge in [0.15, 0.2) is 0 Å². The predicted octanol–water partition coefficient (Wildman–Crippen LogP) is 4.59. The summed E-state index contributed by atoms with van der Waals surface area (Å²) in [5.74, 6) is -0.0784. The smallest absolute Gasteiger partial charge is 0.243 e. The Morgan fingerprint density at radius 3 is 2.27 bits per heavy atom. The van der Waals surface area contributed by atoms with Crippen LogP contribution in [-0.4, -0.2) is 66.2 Å². The molecular formula is C27H35F2N5O2S. The van der Waals surface area contributed by atoms with E-state index in [1.807, 2.05) is 20.8 Å². The molecule has 1 aliphatic heterocycles. The Bertz CT molecular complexity index is 1320. The van der Waals surface area contributed by atoms with Crippen LogP contribution in [0.3, 0.4) is 0 Å². The van der Waals surface area contributed by atoms with Crippen LogP contribution < -0.4 is 4.90 Å². The summed E-state index contributed by atoms with van der Waals surface area (Å²) in [6.45, 7) is 12.1. The molecule has 0 spiro atoms. The highest BCUT2D eigenvalue weighted by molar-refractivity contribution is 7.89. The number of aromatic nitrogens is 2. The van der Waals surface area contributed by atoms with Crippen molar-refractivity contribution in [3.8, 4) is 5.69 Å². The minimum atomic E-state index is -3.92. The fraction of sp³-hybridized carbons (Fsp3) is 0.444. The molecule has 0 N–H and O–H groups in total. The van der Waals surface area contributed by atoms with Gasteiger partial charge in [-0.2, -0.15) is 9.40 Å². The highest BCUT2D eigenvalue weighted by Gasteiger charge is 2.33. The number of nitrogens with zero attached hydrogens (tertiary/aromatic N) is 5. The molecule has 0 amide bonds. The standard InChI is InChI=1S/C27H35F2N5O2S/c1-5-20(3)33(37(35,36)25-12-10-22(28)11-13-25)19-26-21(4)30-34(24-9-7-8-23(29)18-24)27(26)32-16-14-31(6-2)15-17-32/h7-13,18,20H,5-6,14-17,19H2,1-4H3. The lowest BCUT2D eigenvalue weighted by atomic mass is 10.1. The summed E-state index contributed by atoms with van der Waals surface area (Å²) in [5, 5.41) is 4.76. The van der Waals surface area contributed by atoms with Gasteiger partial charge in [0.05, 0.1) is 16.3 Å². The number of piperazine rings is 1. The van der Waals surface area contributed by atoms with Gasteiger partial charge in [-0.15, -0.1) is 0 Å². The second kappa shape index (κ2) is 11.3. The number of hydrogen-bond acceptors (Lipinski definition) is 5. The first-order valence-electron chi connectivity index (χ1n) is 12.7. The molecule has 1 aromatic heterocycles. The molecule has 37 heavy (non-hydrogen) atoms. The van der Waals surface area contributed by atoms with E-state index >= 15 is 0 Å². The first-order valence-corrected chi connectivity index (χ1v) is 14.2. The lowest BCUT2D eigenvalue weighted by Gasteiger charge is -2.36. The monoisotopic (exact) mass is 531 g/mol. The van der Waals surface area contributed by atoms with Crippen molar-refractivity contribution in [3.63, 3.8) is 0 Å². The average molecular weight is 532 g/mol. The zero-order valence-electron chi connectivity index (χ0n) is 21.9. The molecule has 10 heteroatoms. The van der Waals surface area contributed by atoms with Crippen molar-refractivity contribution >= 4 is 15.8 Å². The topological polar surface area (TPSA) is 61.7 Å². The van der Waals surface area contributed by atoms with E-state index in [1.165, 1.54) is 28.6 Å². The fourth-order valence-corrected chi connectivity index (χ4v) is 6.37. The van der Waals surface area contributed by atoms with Crippen molar-refractivity contribution in [1.29, 1.82) is 0 Å². The summed E-state index contributed by atoms with van der Waals surface area (Å²) in [6, 6.07) is 10.9. The molecule has 0 radical (unpaired) electrons. The van der Waals surface area contributed by atoms with E-state index in [0.717, 1.165) is 56.2 Å². The van der Waals surface area contributed by atoms with Crippen molar-refractivity contribution in [1.82, 2.24) is 19.0 Å². The number of benzene rings is 2. The van der Waals surface area contributed by atoms with E-state index in [0.29, 0.717) is 17.8 Å². The van der Waals surface area contributed by atoms with Gasteiger partial charge in [0.2, 0.25) is 10.0 Å². The highest BCUT2D eigenvalue weighted by Crippen LogP contribution is 2.32.